The first-order valence-corrected chi connectivity index (χ1v) is 7.36. The lowest BCUT2D eigenvalue weighted by molar-refractivity contribution is 0.271. The monoisotopic (exact) mass is 284 g/mol. The normalized spacial score (nSPS) is 24.0. The molecule has 0 amide bonds. The van der Waals surface area contributed by atoms with Gasteiger partial charge in [0.2, 0.25) is 0 Å². The van der Waals surface area contributed by atoms with Gasteiger partial charge in [0.1, 0.15) is 5.82 Å². The second-order valence-electron chi connectivity index (χ2n) is 5.38. The largest absolute Gasteiger partial charge is 0.316 e. The van der Waals surface area contributed by atoms with Gasteiger partial charge in [0, 0.05) is 11.1 Å². The van der Waals surface area contributed by atoms with Crippen molar-refractivity contribution in [2.24, 2.45) is 5.92 Å². The van der Waals surface area contributed by atoms with Crippen LogP contribution < -0.4 is 5.32 Å². The number of likely N-dealkylation sites (tertiary alicyclic amines) is 1. The highest BCUT2D eigenvalue weighted by atomic mass is 35.5. The molecule has 0 aliphatic carbocycles. The zero-order valence-electron chi connectivity index (χ0n) is 11.6. The molecule has 2 nitrogen and oxygen atoms in total. The number of hydrogen-bond acceptors (Lipinski definition) is 2. The summed E-state index contributed by atoms with van der Waals surface area (Å²) < 4.78 is 13.5. The summed E-state index contributed by atoms with van der Waals surface area (Å²) in [6.45, 7) is 5.24. The van der Waals surface area contributed by atoms with E-state index in [1.54, 1.807) is 6.07 Å². The van der Waals surface area contributed by atoms with E-state index in [9.17, 15) is 4.39 Å². The van der Waals surface area contributed by atoms with E-state index >= 15 is 0 Å². The van der Waals surface area contributed by atoms with Crippen molar-refractivity contribution in [1.29, 1.82) is 0 Å². The zero-order chi connectivity index (χ0) is 13.8. The minimum Gasteiger partial charge on any atom is -0.316 e. The molecule has 0 aromatic heterocycles. The van der Waals surface area contributed by atoms with Crippen molar-refractivity contribution in [1.82, 2.24) is 10.2 Å². The van der Waals surface area contributed by atoms with Crippen LogP contribution in [0.2, 0.25) is 5.02 Å². The van der Waals surface area contributed by atoms with Crippen LogP contribution in [-0.2, 0) is 0 Å². The molecule has 1 fully saturated rings. The Hall–Kier alpha value is -0.640. The van der Waals surface area contributed by atoms with Gasteiger partial charge in [0.05, 0.1) is 0 Å². The molecule has 19 heavy (non-hydrogen) atoms. The molecule has 1 aliphatic rings. The number of hydrogen-bond donors (Lipinski definition) is 1. The molecule has 1 aromatic carbocycles. The molecule has 0 spiro atoms. The van der Waals surface area contributed by atoms with E-state index in [4.69, 9.17) is 11.6 Å². The number of nitrogens with one attached hydrogen (secondary N) is 1. The molecule has 0 saturated carbocycles. The van der Waals surface area contributed by atoms with Crippen LogP contribution in [-0.4, -0.2) is 31.6 Å². The average molecular weight is 285 g/mol. The molecule has 4 heteroatoms. The first-order valence-electron chi connectivity index (χ1n) is 6.98. The van der Waals surface area contributed by atoms with Gasteiger partial charge in [-0.2, -0.15) is 0 Å². The highest BCUT2D eigenvalue weighted by molar-refractivity contribution is 6.30. The van der Waals surface area contributed by atoms with Crippen LogP contribution in [0.3, 0.4) is 0 Å². The second kappa shape index (κ2) is 6.69. The second-order valence-corrected chi connectivity index (χ2v) is 5.82. The third-order valence-corrected chi connectivity index (χ3v) is 4.05. The number of nitrogens with zero attached hydrogens (tertiary/aromatic N) is 1. The van der Waals surface area contributed by atoms with E-state index in [-0.39, 0.29) is 11.9 Å². The van der Waals surface area contributed by atoms with E-state index in [0.29, 0.717) is 10.9 Å². The van der Waals surface area contributed by atoms with Gasteiger partial charge in [0.25, 0.3) is 0 Å². The van der Waals surface area contributed by atoms with Crippen LogP contribution in [0.4, 0.5) is 4.39 Å². The fourth-order valence-electron chi connectivity index (χ4n) is 2.98. The van der Waals surface area contributed by atoms with Crippen molar-refractivity contribution >= 4 is 11.6 Å². The molecule has 2 atom stereocenters. The van der Waals surface area contributed by atoms with Gasteiger partial charge in [0.15, 0.2) is 0 Å². The van der Waals surface area contributed by atoms with Crippen LogP contribution in [0.15, 0.2) is 18.2 Å². The fraction of sp³-hybridized carbons (Fsp3) is 0.600. The Morgan fingerprint density at radius 3 is 2.89 bits per heavy atom. The predicted molar refractivity (Wildman–Crippen MR) is 78.0 cm³/mol. The summed E-state index contributed by atoms with van der Waals surface area (Å²) in [6.07, 6.45) is 2.28. The average Bonchev–Trinajstić information content (AvgIpc) is 2.70. The quantitative estimate of drug-likeness (QED) is 0.833. The maximum Gasteiger partial charge on any atom is 0.125 e. The Kier molecular flexibility index (Phi) is 5.20. The summed E-state index contributed by atoms with van der Waals surface area (Å²) in [7, 11) is 2.10. The maximum atomic E-state index is 13.5. The number of rotatable bonds is 5. The van der Waals surface area contributed by atoms with Crippen molar-refractivity contribution in [3.05, 3.63) is 34.6 Å². The number of benzene rings is 1. The van der Waals surface area contributed by atoms with E-state index in [1.807, 2.05) is 6.07 Å². The van der Waals surface area contributed by atoms with Gasteiger partial charge < -0.3 is 5.32 Å². The molecular formula is C15H22ClFN2. The Morgan fingerprint density at radius 1 is 1.42 bits per heavy atom. The minimum absolute atomic E-state index is 0.247. The zero-order valence-corrected chi connectivity index (χ0v) is 12.4. The van der Waals surface area contributed by atoms with Gasteiger partial charge >= 0.3 is 0 Å². The Labute approximate surface area is 119 Å². The van der Waals surface area contributed by atoms with Gasteiger partial charge in [-0.15, -0.1) is 0 Å². The predicted octanol–water partition coefficient (Wildman–Crippen LogP) is 3.47. The van der Waals surface area contributed by atoms with E-state index in [1.165, 1.54) is 6.07 Å². The summed E-state index contributed by atoms with van der Waals surface area (Å²) in [5, 5.41) is 3.96. The van der Waals surface area contributed by atoms with E-state index in [2.05, 4.69) is 24.2 Å². The van der Waals surface area contributed by atoms with Gasteiger partial charge in [-0.25, -0.2) is 4.39 Å². The molecule has 0 bridgehead atoms. The highest BCUT2D eigenvalue weighted by Crippen LogP contribution is 2.36. The molecule has 2 rings (SSSR count). The SMILES string of the molecule is CCCNCC1CCN(C)C1c1cc(F)cc(Cl)c1. The summed E-state index contributed by atoms with van der Waals surface area (Å²) in [5.41, 5.74) is 0.994. The lowest BCUT2D eigenvalue weighted by Crippen LogP contribution is -2.29. The molecule has 1 heterocycles. The summed E-state index contributed by atoms with van der Waals surface area (Å²) in [6, 6.07) is 5.14. The summed E-state index contributed by atoms with van der Waals surface area (Å²) >= 11 is 5.98. The molecule has 1 aliphatic heterocycles. The van der Waals surface area contributed by atoms with Crippen molar-refractivity contribution in [3.8, 4) is 0 Å². The molecule has 0 radical (unpaired) electrons. The minimum atomic E-state index is -0.247. The van der Waals surface area contributed by atoms with Crippen LogP contribution in [0.1, 0.15) is 31.4 Å². The lowest BCUT2D eigenvalue weighted by atomic mass is 9.93. The van der Waals surface area contributed by atoms with Crippen LogP contribution in [0, 0.1) is 11.7 Å². The Bertz CT molecular complexity index is 404. The lowest BCUT2D eigenvalue weighted by Gasteiger charge is -2.26. The Balaban J connectivity index is 2.14. The number of halogens is 2. The Morgan fingerprint density at radius 2 is 2.21 bits per heavy atom. The van der Waals surface area contributed by atoms with Gasteiger partial charge in [-0.3, -0.25) is 4.90 Å². The van der Waals surface area contributed by atoms with Crippen molar-refractivity contribution in [2.45, 2.75) is 25.8 Å². The highest BCUT2D eigenvalue weighted by Gasteiger charge is 2.32. The van der Waals surface area contributed by atoms with Crippen molar-refractivity contribution in [3.63, 3.8) is 0 Å². The molecule has 106 valence electrons. The smallest absolute Gasteiger partial charge is 0.125 e. The summed E-state index contributed by atoms with van der Waals surface area (Å²) in [5.74, 6) is 0.275. The standard InChI is InChI=1S/C15H22ClFN2/c1-3-5-18-10-11-4-6-19(2)15(11)12-7-13(16)9-14(17)8-12/h7-9,11,15,18H,3-6,10H2,1-2H3. The van der Waals surface area contributed by atoms with E-state index < -0.39 is 0 Å². The van der Waals surface area contributed by atoms with E-state index in [0.717, 1.165) is 38.0 Å². The molecule has 1 saturated heterocycles. The third kappa shape index (κ3) is 3.68. The topological polar surface area (TPSA) is 15.3 Å². The molecule has 1 N–H and O–H groups in total. The van der Waals surface area contributed by atoms with Crippen LogP contribution in [0.5, 0.6) is 0 Å². The van der Waals surface area contributed by atoms with Crippen LogP contribution >= 0.6 is 11.6 Å². The molecule has 1 aromatic rings. The fourth-order valence-corrected chi connectivity index (χ4v) is 3.21. The maximum absolute atomic E-state index is 13.5. The third-order valence-electron chi connectivity index (χ3n) is 3.83. The first-order chi connectivity index (χ1) is 9.11. The molecule has 2 unspecified atom stereocenters. The van der Waals surface area contributed by atoms with Gasteiger partial charge in [-0.1, -0.05) is 18.5 Å². The first kappa shape index (κ1) is 14.8. The van der Waals surface area contributed by atoms with Gasteiger partial charge in [-0.05, 0) is 69.2 Å². The van der Waals surface area contributed by atoms with Crippen molar-refractivity contribution < 1.29 is 4.39 Å². The summed E-state index contributed by atoms with van der Waals surface area (Å²) in [4.78, 5) is 2.30. The molecular weight excluding hydrogens is 263 g/mol. The van der Waals surface area contributed by atoms with Crippen LogP contribution in [0.25, 0.3) is 0 Å². The van der Waals surface area contributed by atoms with Crippen molar-refractivity contribution in [2.75, 3.05) is 26.7 Å².